The van der Waals surface area contributed by atoms with Crippen LogP contribution in [0, 0.1) is 0 Å². The molecular formula is C15H8ClF3N2OS2. The fourth-order valence-corrected chi connectivity index (χ4v) is 3.69. The number of halogens is 4. The first-order chi connectivity index (χ1) is 11.3. The van der Waals surface area contributed by atoms with Crippen LogP contribution in [0.4, 0.5) is 18.3 Å². The van der Waals surface area contributed by atoms with Crippen molar-refractivity contribution in [3.8, 4) is 10.6 Å². The van der Waals surface area contributed by atoms with E-state index in [2.05, 4.69) is 10.3 Å². The van der Waals surface area contributed by atoms with E-state index >= 15 is 0 Å². The van der Waals surface area contributed by atoms with Gasteiger partial charge in [-0.25, -0.2) is 4.98 Å². The molecule has 0 saturated heterocycles. The molecule has 124 valence electrons. The van der Waals surface area contributed by atoms with Crippen molar-refractivity contribution in [3.63, 3.8) is 0 Å². The molecule has 24 heavy (non-hydrogen) atoms. The molecule has 0 saturated carbocycles. The summed E-state index contributed by atoms with van der Waals surface area (Å²) < 4.78 is 38.7. The molecule has 0 aliphatic carbocycles. The number of hydrogen-bond donors (Lipinski definition) is 1. The van der Waals surface area contributed by atoms with E-state index in [0.29, 0.717) is 15.2 Å². The van der Waals surface area contributed by atoms with Crippen molar-refractivity contribution in [2.45, 2.75) is 6.18 Å². The first-order valence-corrected chi connectivity index (χ1v) is 8.60. The second-order valence-electron chi connectivity index (χ2n) is 4.67. The molecule has 0 atom stereocenters. The van der Waals surface area contributed by atoms with E-state index < -0.39 is 17.6 Å². The van der Waals surface area contributed by atoms with Gasteiger partial charge < -0.3 is 0 Å². The van der Waals surface area contributed by atoms with E-state index in [9.17, 15) is 18.0 Å². The molecule has 2 aromatic heterocycles. The molecule has 3 aromatic rings. The van der Waals surface area contributed by atoms with Gasteiger partial charge in [0, 0.05) is 10.9 Å². The van der Waals surface area contributed by atoms with Crippen LogP contribution < -0.4 is 5.32 Å². The van der Waals surface area contributed by atoms with Crippen molar-refractivity contribution in [3.05, 3.63) is 57.2 Å². The van der Waals surface area contributed by atoms with Crippen LogP contribution in [0.25, 0.3) is 10.6 Å². The lowest BCUT2D eigenvalue weighted by Gasteiger charge is -2.08. The third kappa shape index (κ3) is 3.77. The van der Waals surface area contributed by atoms with E-state index in [0.717, 1.165) is 17.0 Å². The summed E-state index contributed by atoms with van der Waals surface area (Å²) >= 11 is 8.40. The van der Waals surface area contributed by atoms with Gasteiger partial charge in [0.2, 0.25) is 0 Å². The molecule has 2 heterocycles. The van der Waals surface area contributed by atoms with Crippen LogP contribution in [0.1, 0.15) is 15.9 Å². The maximum atomic E-state index is 12.7. The van der Waals surface area contributed by atoms with E-state index in [1.165, 1.54) is 34.8 Å². The molecule has 0 bridgehead atoms. The zero-order valence-electron chi connectivity index (χ0n) is 11.7. The van der Waals surface area contributed by atoms with Gasteiger partial charge in [-0.3, -0.25) is 10.1 Å². The molecule has 3 nitrogen and oxygen atoms in total. The molecule has 0 spiro atoms. The Labute approximate surface area is 147 Å². The fourth-order valence-electron chi connectivity index (χ4n) is 1.90. The van der Waals surface area contributed by atoms with E-state index in [4.69, 9.17) is 11.6 Å². The molecule has 9 heteroatoms. The average molecular weight is 389 g/mol. The van der Waals surface area contributed by atoms with Crippen LogP contribution in [0.2, 0.25) is 4.34 Å². The van der Waals surface area contributed by atoms with Crippen molar-refractivity contribution >= 4 is 45.3 Å². The van der Waals surface area contributed by atoms with Crippen molar-refractivity contribution in [1.82, 2.24) is 4.98 Å². The van der Waals surface area contributed by atoms with Crippen molar-refractivity contribution in [2.75, 3.05) is 5.32 Å². The predicted octanol–water partition coefficient (Wildman–Crippen LogP) is 5.80. The Hall–Kier alpha value is -1.90. The van der Waals surface area contributed by atoms with Crippen LogP contribution in [-0.2, 0) is 6.18 Å². The summed E-state index contributed by atoms with van der Waals surface area (Å²) in [5.41, 5.74) is -0.305. The molecule has 0 aliphatic heterocycles. The third-order valence-electron chi connectivity index (χ3n) is 3.00. The van der Waals surface area contributed by atoms with E-state index in [1.54, 1.807) is 17.5 Å². The molecule has 3 rings (SSSR count). The van der Waals surface area contributed by atoms with Gasteiger partial charge in [0.1, 0.15) is 0 Å². The zero-order valence-corrected chi connectivity index (χ0v) is 14.1. The average Bonchev–Trinajstić information content (AvgIpc) is 3.15. The molecule has 0 aliphatic rings. The number of nitrogens with zero attached hydrogens (tertiary/aromatic N) is 1. The maximum Gasteiger partial charge on any atom is 0.416 e. The van der Waals surface area contributed by atoms with Crippen LogP contribution in [0.3, 0.4) is 0 Å². The number of alkyl halides is 3. The lowest BCUT2D eigenvalue weighted by atomic mass is 10.1. The van der Waals surface area contributed by atoms with Crippen LogP contribution >= 0.6 is 34.3 Å². The van der Waals surface area contributed by atoms with Gasteiger partial charge in [-0.15, -0.1) is 22.7 Å². The second kappa shape index (κ2) is 6.54. The Bertz CT molecular complexity index is 889. The lowest BCUT2D eigenvalue weighted by Crippen LogP contribution is -2.13. The number of rotatable bonds is 3. The molecule has 0 unspecified atom stereocenters. The normalized spacial score (nSPS) is 11.5. The molecule has 0 radical (unpaired) electrons. The van der Waals surface area contributed by atoms with Crippen LogP contribution in [0.15, 0.2) is 41.8 Å². The summed E-state index contributed by atoms with van der Waals surface area (Å²) in [7, 11) is 0. The Morgan fingerprint density at radius 2 is 2.00 bits per heavy atom. The van der Waals surface area contributed by atoms with E-state index in [-0.39, 0.29) is 5.56 Å². The minimum Gasteiger partial charge on any atom is -0.298 e. The molecule has 1 aromatic carbocycles. The third-order valence-corrected chi connectivity index (χ3v) is 5.01. The van der Waals surface area contributed by atoms with Gasteiger partial charge in [-0.2, -0.15) is 13.2 Å². The quantitative estimate of drug-likeness (QED) is 0.616. The number of thiophene rings is 1. The minimum atomic E-state index is -4.50. The number of thiazole rings is 1. The Morgan fingerprint density at radius 1 is 1.21 bits per heavy atom. The first kappa shape index (κ1) is 16.9. The summed E-state index contributed by atoms with van der Waals surface area (Å²) in [6.07, 6.45) is -4.50. The summed E-state index contributed by atoms with van der Waals surface area (Å²) in [6, 6.07) is 7.78. The second-order valence-corrected chi connectivity index (χ2v) is 7.25. The highest BCUT2D eigenvalue weighted by Gasteiger charge is 2.30. The van der Waals surface area contributed by atoms with Crippen LogP contribution in [0.5, 0.6) is 0 Å². The summed E-state index contributed by atoms with van der Waals surface area (Å²) in [6.45, 7) is 0. The van der Waals surface area contributed by atoms with Gasteiger partial charge in [0.05, 0.1) is 20.5 Å². The number of carbonyl (C=O) groups is 1. The highest BCUT2D eigenvalue weighted by molar-refractivity contribution is 7.20. The van der Waals surface area contributed by atoms with Gasteiger partial charge in [-0.05, 0) is 30.3 Å². The Balaban J connectivity index is 1.77. The number of carbonyl (C=O) groups excluding carboxylic acids is 1. The van der Waals surface area contributed by atoms with Crippen LogP contribution in [-0.4, -0.2) is 10.9 Å². The highest BCUT2D eigenvalue weighted by atomic mass is 35.5. The monoisotopic (exact) mass is 388 g/mol. The number of amides is 1. The minimum absolute atomic E-state index is 0.0826. The highest BCUT2D eigenvalue weighted by Crippen LogP contribution is 2.33. The number of anilines is 1. The van der Waals surface area contributed by atoms with E-state index in [1.807, 2.05) is 0 Å². The largest absolute Gasteiger partial charge is 0.416 e. The lowest BCUT2D eigenvalue weighted by molar-refractivity contribution is -0.137. The van der Waals surface area contributed by atoms with Gasteiger partial charge in [-0.1, -0.05) is 17.7 Å². The number of benzene rings is 1. The molecule has 1 amide bonds. The molecule has 0 fully saturated rings. The summed E-state index contributed by atoms with van der Waals surface area (Å²) in [5, 5.41) is 4.55. The van der Waals surface area contributed by atoms with Crippen molar-refractivity contribution in [2.24, 2.45) is 0 Å². The number of nitrogens with one attached hydrogen (secondary N) is 1. The summed E-state index contributed by atoms with van der Waals surface area (Å²) in [4.78, 5) is 17.2. The standard InChI is InChI=1S/C15H8ClF3N2OS2/c16-12-5-4-11(24-12)10-7-23-14(20-10)21-13(22)8-2-1-3-9(6-8)15(17,18)19/h1-7H,(H,20,21,22). The zero-order chi connectivity index (χ0) is 17.3. The Morgan fingerprint density at radius 3 is 2.67 bits per heavy atom. The molecule has 1 N–H and O–H groups in total. The maximum absolute atomic E-state index is 12.7. The van der Waals surface area contributed by atoms with Crippen molar-refractivity contribution < 1.29 is 18.0 Å². The fraction of sp³-hybridized carbons (Fsp3) is 0.0667. The smallest absolute Gasteiger partial charge is 0.298 e. The SMILES string of the molecule is O=C(Nc1nc(-c2ccc(Cl)s2)cs1)c1cccc(C(F)(F)F)c1. The van der Waals surface area contributed by atoms with Gasteiger partial charge >= 0.3 is 6.18 Å². The van der Waals surface area contributed by atoms with Gasteiger partial charge in [0.25, 0.3) is 5.91 Å². The van der Waals surface area contributed by atoms with Crippen molar-refractivity contribution in [1.29, 1.82) is 0 Å². The molecular weight excluding hydrogens is 381 g/mol. The Kier molecular flexibility index (Phi) is 4.62. The number of aromatic nitrogens is 1. The topological polar surface area (TPSA) is 42.0 Å². The summed E-state index contributed by atoms with van der Waals surface area (Å²) in [5.74, 6) is -0.647. The van der Waals surface area contributed by atoms with Gasteiger partial charge in [0.15, 0.2) is 5.13 Å². The first-order valence-electron chi connectivity index (χ1n) is 6.53. The number of hydrogen-bond acceptors (Lipinski definition) is 4. The predicted molar refractivity (Wildman–Crippen MR) is 89.8 cm³/mol.